The van der Waals surface area contributed by atoms with Gasteiger partial charge in [0.15, 0.2) is 0 Å². The van der Waals surface area contributed by atoms with Crippen LogP contribution in [0.2, 0.25) is 0 Å². The van der Waals surface area contributed by atoms with Gasteiger partial charge in [-0.05, 0) is 44.2 Å². The number of carbonyl (C=O) groups excluding carboxylic acids is 1. The SMILES string of the molecule is Cc1oc(-n2cccc2)c(C#N)c1C(=O)NCCCN1CCN(c2ccccc2)CC1. The molecule has 7 heteroatoms. The molecular weight excluding hydrogens is 390 g/mol. The first-order valence-electron chi connectivity index (χ1n) is 10.6. The summed E-state index contributed by atoms with van der Waals surface area (Å²) in [5.41, 5.74) is 1.86. The number of aromatic nitrogens is 1. The fourth-order valence-corrected chi connectivity index (χ4v) is 4.02. The topological polar surface area (TPSA) is 77.4 Å². The van der Waals surface area contributed by atoms with Crippen molar-refractivity contribution in [2.75, 3.05) is 44.2 Å². The number of rotatable bonds is 7. The summed E-state index contributed by atoms with van der Waals surface area (Å²) in [6, 6.07) is 16.3. The zero-order valence-electron chi connectivity index (χ0n) is 17.8. The van der Waals surface area contributed by atoms with Crippen LogP contribution in [-0.4, -0.2) is 54.6 Å². The Bertz CT molecular complexity index is 1040. The van der Waals surface area contributed by atoms with Gasteiger partial charge in [-0.2, -0.15) is 5.26 Å². The number of carbonyl (C=O) groups is 1. The zero-order chi connectivity index (χ0) is 21.6. The van der Waals surface area contributed by atoms with E-state index >= 15 is 0 Å². The summed E-state index contributed by atoms with van der Waals surface area (Å²) < 4.78 is 7.42. The average Bonchev–Trinajstić information content (AvgIpc) is 3.45. The highest BCUT2D eigenvalue weighted by Crippen LogP contribution is 2.25. The molecule has 3 heterocycles. The molecule has 2 aromatic heterocycles. The molecule has 1 aliphatic heterocycles. The van der Waals surface area contributed by atoms with Crippen LogP contribution in [0.1, 0.15) is 28.1 Å². The number of para-hydroxylation sites is 1. The summed E-state index contributed by atoms with van der Waals surface area (Å²) in [5, 5.41) is 12.5. The van der Waals surface area contributed by atoms with Crippen molar-refractivity contribution in [1.82, 2.24) is 14.8 Å². The molecule has 0 radical (unpaired) electrons. The number of hydrogen-bond acceptors (Lipinski definition) is 5. The number of anilines is 1. The smallest absolute Gasteiger partial charge is 0.256 e. The van der Waals surface area contributed by atoms with Crippen LogP contribution in [0.3, 0.4) is 0 Å². The number of amides is 1. The van der Waals surface area contributed by atoms with Crippen molar-refractivity contribution in [3.8, 4) is 12.0 Å². The Morgan fingerprint density at radius 2 is 1.81 bits per heavy atom. The van der Waals surface area contributed by atoms with Gasteiger partial charge >= 0.3 is 0 Å². The maximum Gasteiger partial charge on any atom is 0.256 e. The molecule has 0 bridgehead atoms. The molecule has 0 aliphatic carbocycles. The van der Waals surface area contributed by atoms with Gasteiger partial charge < -0.3 is 14.6 Å². The van der Waals surface area contributed by atoms with Crippen molar-refractivity contribution >= 4 is 11.6 Å². The number of piperazine rings is 1. The summed E-state index contributed by atoms with van der Waals surface area (Å²) in [7, 11) is 0. The highest BCUT2D eigenvalue weighted by molar-refractivity contribution is 5.98. The number of benzene rings is 1. The molecule has 7 nitrogen and oxygen atoms in total. The number of nitrogens with one attached hydrogen (secondary N) is 1. The number of nitrogens with zero attached hydrogens (tertiary/aromatic N) is 4. The Hall–Kier alpha value is -3.50. The van der Waals surface area contributed by atoms with E-state index in [4.69, 9.17) is 4.42 Å². The van der Waals surface area contributed by atoms with Crippen LogP contribution in [0.5, 0.6) is 0 Å². The molecule has 1 N–H and O–H groups in total. The van der Waals surface area contributed by atoms with E-state index in [1.165, 1.54) is 5.69 Å². The van der Waals surface area contributed by atoms with Crippen molar-refractivity contribution in [3.63, 3.8) is 0 Å². The van der Waals surface area contributed by atoms with Crippen LogP contribution in [0.25, 0.3) is 5.88 Å². The molecule has 0 spiro atoms. The maximum absolute atomic E-state index is 12.7. The maximum atomic E-state index is 12.7. The lowest BCUT2D eigenvalue weighted by Crippen LogP contribution is -2.47. The first-order valence-corrected chi connectivity index (χ1v) is 10.6. The minimum absolute atomic E-state index is 0.259. The van der Waals surface area contributed by atoms with Crippen LogP contribution in [0, 0.1) is 18.3 Å². The van der Waals surface area contributed by atoms with Crippen molar-refractivity contribution in [2.45, 2.75) is 13.3 Å². The third-order valence-corrected chi connectivity index (χ3v) is 5.67. The predicted molar refractivity (Wildman–Crippen MR) is 120 cm³/mol. The van der Waals surface area contributed by atoms with Crippen molar-refractivity contribution < 1.29 is 9.21 Å². The summed E-state index contributed by atoms with van der Waals surface area (Å²) in [5.74, 6) is 0.575. The molecule has 1 amide bonds. The largest absolute Gasteiger partial charge is 0.443 e. The van der Waals surface area contributed by atoms with Crippen molar-refractivity contribution in [3.05, 3.63) is 71.7 Å². The molecular formula is C24H27N5O2. The van der Waals surface area contributed by atoms with Crippen molar-refractivity contribution in [2.24, 2.45) is 0 Å². The summed E-state index contributed by atoms with van der Waals surface area (Å²) in [4.78, 5) is 17.6. The second-order valence-corrected chi connectivity index (χ2v) is 7.69. The van der Waals surface area contributed by atoms with Crippen LogP contribution >= 0.6 is 0 Å². The van der Waals surface area contributed by atoms with E-state index in [0.717, 1.165) is 39.1 Å². The van der Waals surface area contributed by atoms with Gasteiger partial charge in [-0.3, -0.25) is 14.3 Å². The molecule has 0 saturated carbocycles. The van der Waals surface area contributed by atoms with E-state index in [1.54, 1.807) is 23.9 Å². The molecule has 0 atom stereocenters. The van der Waals surface area contributed by atoms with E-state index in [0.29, 0.717) is 23.8 Å². The van der Waals surface area contributed by atoms with E-state index in [9.17, 15) is 10.1 Å². The number of hydrogen-bond donors (Lipinski definition) is 1. The minimum Gasteiger partial charge on any atom is -0.443 e. The molecule has 0 unspecified atom stereocenters. The molecule has 1 aliphatic rings. The second-order valence-electron chi connectivity index (χ2n) is 7.69. The Morgan fingerprint density at radius 3 is 2.48 bits per heavy atom. The fourth-order valence-electron chi connectivity index (χ4n) is 4.02. The Morgan fingerprint density at radius 1 is 1.10 bits per heavy atom. The van der Waals surface area contributed by atoms with E-state index in [-0.39, 0.29) is 11.5 Å². The molecule has 1 saturated heterocycles. The third kappa shape index (κ3) is 4.65. The van der Waals surface area contributed by atoms with Gasteiger partial charge in [0.1, 0.15) is 23.0 Å². The quantitative estimate of drug-likeness (QED) is 0.598. The monoisotopic (exact) mass is 417 g/mol. The normalized spacial score (nSPS) is 14.4. The number of nitriles is 1. The standard InChI is InChI=1S/C24H27N5O2/c1-19-22(21(18-25)24(31-19)29-12-5-6-13-29)23(30)26-10-7-11-27-14-16-28(17-15-27)20-8-3-2-4-9-20/h2-6,8-9,12-13H,7,10-11,14-17H2,1H3,(H,26,30). The Balaban J connectivity index is 1.26. The third-order valence-electron chi connectivity index (χ3n) is 5.67. The summed E-state index contributed by atoms with van der Waals surface area (Å²) in [6.45, 7) is 7.27. The first-order chi connectivity index (χ1) is 15.2. The predicted octanol–water partition coefficient (Wildman–Crippen LogP) is 3.19. The minimum atomic E-state index is -0.259. The van der Waals surface area contributed by atoms with Gasteiger partial charge in [-0.25, -0.2) is 0 Å². The summed E-state index contributed by atoms with van der Waals surface area (Å²) in [6.07, 6.45) is 4.44. The van der Waals surface area contributed by atoms with Gasteiger partial charge in [-0.15, -0.1) is 0 Å². The lowest BCUT2D eigenvalue weighted by Gasteiger charge is -2.36. The molecule has 3 aromatic rings. The molecule has 31 heavy (non-hydrogen) atoms. The Kier molecular flexibility index (Phi) is 6.39. The average molecular weight is 418 g/mol. The van der Waals surface area contributed by atoms with Gasteiger partial charge in [0.25, 0.3) is 5.91 Å². The zero-order valence-corrected chi connectivity index (χ0v) is 17.8. The van der Waals surface area contributed by atoms with E-state index in [1.807, 2.05) is 18.2 Å². The first kappa shape index (κ1) is 20.8. The lowest BCUT2D eigenvalue weighted by atomic mass is 10.1. The van der Waals surface area contributed by atoms with Crippen LogP contribution < -0.4 is 10.2 Å². The highest BCUT2D eigenvalue weighted by atomic mass is 16.4. The molecule has 160 valence electrons. The van der Waals surface area contributed by atoms with Crippen LogP contribution in [-0.2, 0) is 0 Å². The number of aryl methyl sites for hydroxylation is 1. The lowest BCUT2D eigenvalue weighted by molar-refractivity contribution is 0.0949. The van der Waals surface area contributed by atoms with Gasteiger partial charge in [0.05, 0.1) is 0 Å². The Labute approximate surface area is 182 Å². The van der Waals surface area contributed by atoms with Crippen molar-refractivity contribution in [1.29, 1.82) is 5.26 Å². The van der Waals surface area contributed by atoms with Crippen LogP contribution in [0.4, 0.5) is 5.69 Å². The van der Waals surface area contributed by atoms with E-state index < -0.39 is 0 Å². The van der Waals surface area contributed by atoms with Gasteiger partial charge in [0, 0.05) is 50.8 Å². The molecule has 1 aromatic carbocycles. The van der Waals surface area contributed by atoms with E-state index in [2.05, 4.69) is 45.5 Å². The molecule has 1 fully saturated rings. The van der Waals surface area contributed by atoms with Gasteiger partial charge in [0.2, 0.25) is 5.88 Å². The van der Waals surface area contributed by atoms with Crippen LogP contribution in [0.15, 0.2) is 59.3 Å². The second kappa shape index (κ2) is 9.54. The fraction of sp³-hybridized carbons (Fsp3) is 0.333. The highest BCUT2D eigenvalue weighted by Gasteiger charge is 2.24. The number of furan rings is 1. The molecule has 4 rings (SSSR count). The summed E-state index contributed by atoms with van der Waals surface area (Å²) >= 11 is 0. The van der Waals surface area contributed by atoms with Gasteiger partial charge in [-0.1, -0.05) is 18.2 Å².